The Morgan fingerprint density at radius 1 is 1.20 bits per heavy atom. The Kier molecular flexibility index (Phi) is 3.66. The summed E-state index contributed by atoms with van der Waals surface area (Å²) in [5, 5.41) is 1.93. The van der Waals surface area contributed by atoms with Gasteiger partial charge in [-0.1, -0.05) is 24.3 Å². The average molecular weight is 226 g/mol. The van der Waals surface area contributed by atoms with Gasteiger partial charge in [0.2, 0.25) is 0 Å². The van der Waals surface area contributed by atoms with E-state index in [1.54, 1.807) is 6.07 Å². The van der Waals surface area contributed by atoms with Crippen LogP contribution in [0, 0.1) is 5.82 Å². The van der Waals surface area contributed by atoms with Gasteiger partial charge in [-0.15, -0.1) is 12.4 Å². The lowest BCUT2D eigenvalue weighted by Gasteiger charge is -2.09. The van der Waals surface area contributed by atoms with Crippen LogP contribution in [-0.2, 0) is 0 Å². The normalized spacial score (nSPS) is 12.2. The lowest BCUT2D eigenvalue weighted by molar-refractivity contribution is 0.629. The third-order valence-electron chi connectivity index (χ3n) is 2.37. The molecule has 2 N–H and O–H groups in total. The zero-order valence-corrected chi connectivity index (χ0v) is 9.22. The van der Waals surface area contributed by atoms with Crippen LogP contribution in [0.2, 0.25) is 0 Å². The number of fused-ring (bicyclic) bond motifs is 1. The van der Waals surface area contributed by atoms with Crippen molar-refractivity contribution in [3.63, 3.8) is 0 Å². The lowest BCUT2D eigenvalue weighted by atomic mass is 10.0. The van der Waals surface area contributed by atoms with Gasteiger partial charge in [0.15, 0.2) is 0 Å². The molecule has 2 aromatic rings. The van der Waals surface area contributed by atoms with Gasteiger partial charge in [-0.3, -0.25) is 0 Å². The maximum absolute atomic E-state index is 12.9. The van der Waals surface area contributed by atoms with Crippen molar-refractivity contribution in [3.8, 4) is 0 Å². The van der Waals surface area contributed by atoms with Gasteiger partial charge in [-0.25, -0.2) is 4.39 Å². The molecule has 0 aliphatic rings. The van der Waals surface area contributed by atoms with Crippen LogP contribution in [0.15, 0.2) is 36.4 Å². The number of benzene rings is 2. The Morgan fingerprint density at radius 2 is 1.93 bits per heavy atom. The first kappa shape index (κ1) is 12.0. The molecule has 1 nitrogen and oxygen atoms in total. The molecule has 2 rings (SSSR count). The summed E-state index contributed by atoms with van der Waals surface area (Å²) < 4.78 is 12.9. The number of halogens is 2. The number of rotatable bonds is 1. The molecule has 0 heterocycles. The first-order valence-electron chi connectivity index (χ1n) is 4.62. The number of hydrogen-bond acceptors (Lipinski definition) is 1. The molecule has 0 fully saturated rings. The maximum Gasteiger partial charge on any atom is 0.123 e. The molecule has 0 amide bonds. The molecule has 0 aliphatic carbocycles. The summed E-state index contributed by atoms with van der Waals surface area (Å²) in [5.74, 6) is -0.209. The summed E-state index contributed by atoms with van der Waals surface area (Å²) in [6.07, 6.45) is 0. The summed E-state index contributed by atoms with van der Waals surface area (Å²) in [6, 6.07) is 10.5. The van der Waals surface area contributed by atoms with Crippen molar-refractivity contribution in [3.05, 3.63) is 47.8 Å². The van der Waals surface area contributed by atoms with Crippen LogP contribution in [0.1, 0.15) is 18.5 Å². The predicted octanol–water partition coefficient (Wildman–Crippen LogP) is 3.42. The smallest absolute Gasteiger partial charge is 0.123 e. The molecular weight excluding hydrogens is 213 g/mol. The first-order chi connectivity index (χ1) is 6.68. The van der Waals surface area contributed by atoms with Gasteiger partial charge in [0.25, 0.3) is 0 Å². The quantitative estimate of drug-likeness (QED) is 0.791. The van der Waals surface area contributed by atoms with E-state index in [-0.39, 0.29) is 24.3 Å². The van der Waals surface area contributed by atoms with E-state index in [1.807, 2.05) is 25.1 Å². The fourth-order valence-corrected chi connectivity index (χ4v) is 1.68. The third-order valence-corrected chi connectivity index (χ3v) is 2.37. The van der Waals surface area contributed by atoms with Gasteiger partial charge in [-0.2, -0.15) is 0 Å². The molecule has 2 aromatic carbocycles. The van der Waals surface area contributed by atoms with E-state index in [0.29, 0.717) is 0 Å². The topological polar surface area (TPSA) is 26.0 Å². The average Bonchev–Trinajstić information content (AvgIpc) is 2.16. The van der Waals surface area contributed by atoms with E-state index >= 15 is 0 Å². The Labute approximate surface area is 94.5 Å². The summed E-state index contributed by atoms with van der Waals surface area (Å²) in [7, 11) is 0. The van der Waals surface area contributed by atoms with Crippen LogP contribution in [0.25, 0.3) is 10.8 Å². The van der Waals surface area contributed by atoms with Crippen LogP contribution < -0.4 is 5.73 Å². The summed E-state index contributed by atoms with van der Waals surface area (Å²) in [5.41, 5.74) is 6.88. The molecule has 0 unspecified atom stereocenters. The summed E-state index contributed by atoms with van der Waals surface area (Å²) >= 11 is 0. The SMILES string of the molecule is C[C@@H](N)c1cccc2cc(F)ccc12.Cl. The van der Waals surface area contributed by atoms with Crippen molar-refractivity contribution in [2.24, 2.45) is 5.73 Å². The third kappa shape index (κ3) is 2.28. The largest absolute Gasteiger partial charge is 0.324 e. The summed E-state index contributed by atoms with van der Waals surface area (Å²) in [6.45, 7) is 1.93. The van der Waals surface area contributed by atoms with Gasteiger partial charge in [-0.05, 0) is 35.4 Å². The number of hydrogen-bond donors (Lipinski definition) is 1. The van der Waals surface area contributed by atoms with Gasteiger partial charge in [0.05, 0.1) is 0 Å². The standard InChI is InChI=1S/C12H12FN.ClH/c1-8(14)11-4-2-3-9-7-10(13)5-6-12(9)11;/h2-8H,14H2,1H3;1H/t8-;/m1./s1. The molecule has 0 bridgehead atoms. The molecule has 15 heavy (non-hydrogen) atoms. The minimum atomic E-state index is -0.209. The highest BCUT2D eigenvalue weighted by Crippen LogP contribution is 2.23. The minimum absolute atomic E-state index is 0. The molecule has 1 atom stereocenters. The second-order valence-electron chi connectivity index (χ2n) is 3.50. The van der Waals surface area contributed by atoms with E-state index in [1.165, 1.54) is 12.1 Å². The van der Waals surface area contributed by atoms with Crippen molar-refractivity contribution in [2.75, 3.05) is 0 Å². The van der Waals surface area contributed by atoms with Crippen LogP contribution in [0.4, 0.5) is 4.39 Å². The van der Waals surface area contributed by atoms with Crippen molar-refractivity contribution in [1.29, 1.82) is 0 Å². The minimum Gasteiger partial charge on any atom is -0.324 e. The molecule has 80 valence electrons. The predicted molar refractivity (Wildman–Crippen MR) is 63.8 cm³/mol. The van der Waals surface area contributed by atoms with Gasteiger partial charge in [0, 0.05) is 6.04 Å². The number of nitrogens with two attached hydrogens (primary N) is 1. The zero-order chi connectivity index (χ0) is 10.1. The fourth-order valence-electron chi connectivity index (χ4n) is 1.68. The molecule has 0 spiro atoms. The van der Waals surface area contributed by atoms with E-state index in [0.717, 1.165) is 16.3 Å². The van der Waals surface area contributed by atoms with E-state index in [2.05, 4.69) is 0 Å². The van der Waals surface area contributed by atoms with E-state index in [9.17, 15) is 4.39 Å². The van der Waals surface area contributed by atoms with Crippen LogP contribution >= 0.6 is 12.4 Å². The molecule has 0 radical (unpaired) electrons. The van der Waals surface area contributed by atoms with E-state index < -0.39 is 0 Å². The molecule has 0 aromatic heterocycles. The Bertz CT molecular complexity index is 468. The van der Waals surface area contributed by atoms with Gasteiger partial charge in [0.1, 0.15) is 5.82 Å². The highest BCUT2D eigenvalue weighted by atomic mass is 35.5. The van der Waals surface area contributed by atoms with Gasteiger partial charge >= 0.3 is 0 Å². The maximum atomic E-state index is 12.9. The second kappa shape index (κ2) is 4.60. The Morgan fingerprint density at radius 3 is 2.60 bits per heavy atom. The van der Waals surface area contributed by atoms with Crippen LogP contribution in [0.3, 0.4) is 0 Å². The molecule has 0 saturated heterocycles. The first-order valence-corrected chi connectivity index (χ1v) is 4.62. The Balaban J connectivity index is 0.00000112. The van der Waals surface area contributed by atoms with Crippen molar-refractivity contribution in [1.82, 2.24) is 0 Å². The highest BCUT2D eigenvalue weighted by Gasteiger charge is 2.04. The summed E-state index contributed by atoms with van der Waals surface area (Å²) in [4.78, 5) is 0. The van der Waals surface area contributed by atoms with Crippen molar-refractivity contribution in [2.45, 2.75) is 13.0 Å². The fraction of sp³-hybridized carbons (Fsp3) is 0.167. The zero-order valence-electron chi connectivity index (χ0n) is 8.41. The second-order valence-corrected chi connectivity index (χ2v) is 3.50. The molecule has 3 heteroatoms. The van der Waals surface area contributed by atoms with Crippen molar-refractivity contribution < 1.29 is 4.39 Å². The van der Waals surface area contributed by atoms with Crippen LogP contribution in [-0.4, -0.2) is 0 Å². The highest BCUT2D eigenvalue weighted by molar-refractivity contribution is 5.86. The Hall–Kier alpha value is -1.12. The van der Waals surface area contributed by atoms with Crippen LogP contribution in [0.5, 0.6) is 0 Å². The lowest BCUT2D eigenvalue weighted by Crippen LogP contribution is -2.05. The van der Waals surface area contributed by atoms with Gasteiger partial charge < -0.3 is 5.73 Å². The van der Waals surface area contributed by atoms with E-state index in [4.69, 9.17) is 5.73 Å². The molecular formula is C12H13ClFN. The molecule has 0 aliphatic heterocycles. The molecule has 0 saturated carbocycles. The van der Waals surface area contributed by atoms with Crippen molar-refractivity contribution >= 4 is 23.2 Å². The monoisotopic (exact) mass is 225 g/mol.